The zero-order valence-electron chi connectivity index (χ0n) is 20.0. The van der Waals surface area contributed by atoms with E-state index in [0.717, 1.165) is 29.7 Å². The molecule has 3 aromatic rings. The summed E-state index contributed by atoms with van der Waals surface area (Å²) >= 11 is 1.36. The van der Waals surface area contributed by atoms with Crippen molar-refractivity contribution in [1.82, 2.24) is 10.6 Å². The highest BCUT2D eigenvalue weighted by Crippen LogP contribution is 2.35. The summed E-state index contributed by atoms with van der Waals surface area (Å²) in [5, 5.41) is 7.97. The van der Waals surface area contributed by atoms with Crippen molar-refractivity contribution >= 4 is 23.2 Å². The van der Waals surface area contributed by atoms with Crippen molar-refractivity contribution in [3.63, 3.8) is 0 Å². The molecule has 7 heteroatoms. The molecule has 0 spiro atoms. The number of rotatable bonds is 10. The minimum atomic E-state index is -0.677. The van der Waals surface area contributed by atoms with Gasteiger partial charge in [0, 0.05) is 31.6 Å². The molecule has 35 heavy (non-hydrogen) atoms. The molecule has 1 saturated heterocycles. The Bertz CT molecular complexity index is 1080. The smallest absolute Gasteiger partial charge is 0.262 e. The molecule has 0 saturated carbocycles. The van der Waals surface area contributed by atoms with Gasteiger partial charge < -0.3 is 20.1 Å². The molecular weight excluding hydrogens is 460 g/mol. The zero-order chi connectivity index (χ0) is 24.5. The summed E-state index contributed by atoms with van der Waals surface area (Å²) in [6.45, 7) is 4.35. The van der Waals surface area contributed by atoms with Crippen molar-refractivity contribution in [2.75, 3.05) is 26.4 Å². The summed E-state index contributed by atoms with van der Waals surface area (Å²) in [5.74, 6) is 0.417. The Morgan fingerprint density at radius 1 is 1.03 bits per heavy atom. The van der Waals surface area contributed by atoms with Gasteiger partial charge in [0.1, 0.15) is 11.8 Å². The average molecular weight is 493 g/mol. The molecule has 2 heterocycles. The monoisotopic (exact) mass is 492 g/mol. The van der Waals surface area contributed by atoms with Gasteiger partial charge in [0.05, 0.1) is 11.5 Å². The van der Waals surface area contributed by atoms with Gasteiger partial charge in [-0.25, -0.2) is 0 Å². The summed E-state index contributed by atoms with van der Waals surface area (Å²) in [5.41, 5.74) is 1.92. The Balaban J connectivity index is 1.50. The number of carbonyl (C=O) groups is 2. The molecule has 184 valence electrons. The van der Waals surface area contributed by atoms with E-state index < -0.39 is 6.04 Å². The lowest BCUT2D eigenvalue weighted by Crippen LogP contribution is -2.52. The molecule has 1 aromatic heterocycles. The van der Waals surface area contributed by atoms with Gasteiger partial charge in [0.25, 0.3) is 5.91 Å². The second kappa shape index (κ2) is 12.0. The van der Waals surface area contributed by atoms with Crippen LogP contribution < -0.4 is 15.4 Å². The van der Waals surface area contributed by atoms with Gasteiger partial charge in [-0.1, -0.05) is 48.5 Å². The predicted molar refractivity (Wildman–Crippen MR) is 138 cm³/mol. The number of amides is 2. The highest BCUT2D eigenvalue weighted by atomic mass is 32.1. The molecular formula is C28H32N2O4S. The molecule has 1 fully saturated rings. The topological polar surface area (TPSA) is 76.7 Å². The second-order valence-corrected chi connectivity index (χ2v) is 9.71. The van der Waals surface area contributed by atoms with Crippen molar-refractivity contribution in [2.45, 2.75) is 37.6 Å². The molecule has 0 aliphatic carbocycles. The van der Waals surface area contributed by atoms with Crippen LogP contribution in [0.3, 0.4) is 0 Å². The van der Waals surface area contributed by atoms with Crippen LogP contribution in [0.25, 0.3) is 0 Å². The van der Waals surface area contributed by atoms with Gasteiger partial charge in [0.15, 0.2) is 0 Å². The summed E-state index contributed by atoms with van der Waals surface area (Å²) in [4.78, 5) is 26.8. The van der Waals surface area contributed by atoms with Gasteiger partial charge in [-0.15, -0.1) is 11.3 Å². The van der Waals surface area contributed by atoms with E-state index in [1.165, 1.54) is 11.3 Å². The zero-order valence-corrected chi connectivity index (χ0v) is 20.8. The van der Waals surface area contributed by atoms with E-state index in [4.69, 9.17) is 9.47 Å². The number of carbonyl (C=O) groups excluding carboxylic acids is 2. The first-order chi connectivity index (χ1) is 17.1. The van der Waals surface area contributed by atoms with Crippen LogP contribution in [0.15, 0.2) is 72.1 Å². The lowest BCUT2D eigenvalue weighted by atomic mass is 9.74. The molecule has 1 unspecified atom stereocenters. The normalized spacial score (nSPS) is 15.7. The average Bonchev–Trinajstić information content (AvgIpc) is 3.44. The van der Waals surface area contributed by atoms with Crippen LogP contribution in [0.1, 0.15) is 40.6 Å². The Morgan fingerprint density at radius 3 is 2.43 bits per heavy atom. The Hall–Kier alpha value is -3.16. The van der Waals surface area contributed by atoms with E-state index in [1.807, 2.05) is 60.8 Å². The minimum Gasteiger partial charge on any atom is -0.494 e. The van der Waals surface area contributed by atoms with E-state index in [2.05, 4.69) is 22.8 Å². The molecule has 0 radical (unpaired) electrons. The van der Waals surface area contributed by atoms with E-state index >= 15 is 0 Å². The molecule has 2 aromatic carbocycles. The molecule has 2 amide bonds. The summed E-state index contributed by atoms with van der Waals surface area (Å²) < 4.78 is 11.2. The third-order valence-electron chi connectivity index (χ3n) is 6.48. The third kappa shape index (κ3) is 6.50. The molecule has 2 N–H and O–H groups in total. The lowest BCUT2D eigenvalue weighted by Gasteiger charge is -2.38. The van der Waals surface area contributed by atoms with E-state index in [1.54, 1.807) is 6.07 Å². The number of benzene rings is 2. The van der Waals surface area contributed by atoms with Gasteiger partial charge in [-0.2, -0.15) is 0 Å². The van der Waals surface area contributed by atoms with Gasteiger partial charge in [0.2, 0.25) is 5.91 Å². The van der Waals surface area contributed by atoms with Crippen LogP contribution in [0, 0.1) is 0 Å². The quantitative estimate of drug-likeness (QED) is 0.441. The maximum absolute atomic E-state index is 13.4. The summed E-state index contributed by atoms with van der Waals surface area (Å²) in [7, 11) is 0. The van der Waals surface area contributed by atoms with Gasteiger partial charge in [-0.05, 0) is 54.5 Å². The van der Waals surface area contributed by atoms with Crippen molar-refractivity contribution in [3.8, 4) is 5.75 Å². The van der Waals surface area contributed by atoms with Crippen LogP contribution >= 0.6 is 11.3 Å². The van der Waals surface area contributed by atoms with Gasteiger partial charge in [-0.3, -0.25) is 9.59 Å². The molecule has 4 rings (SSSR count). The Labute approximate surface area is 210 Å². The van der Waals surface area contributed by atoms with Crippen LogP contribution in [0.4, 0.5) is 0 Å². The van der Waals surface area contributed by atoms with Crippen molar-refractivity contribution in [2.24, 2.45) is 0 Å². The number of nitrogens with one attached hydrogen (secondary N) is 2. The summed E-state index contributed by atoms with van der Waals surface area (Å²) in [6.07, 6.45) is 2.04. The second-order valence-electron chi connectivity index (χ2n) is 8.76. The number of ether oxygens (including phenoxy) is 2. The first kappa shape index (κ1) is 24.9. The number of thiophene rings is 1. The van der Waals surface area contributed by atoms with E-state index in [9.17, 15) is 9.59 Å². The van der Waals surface area contributed by atoms with Crippen LogP contribution in [0.5, 0.6) is 5.75 Å². The molecule has 1 atom stereocenters. The highest BCUT2D eigenvalue weighted by molar-refractivity contribution is 7.12. The Kier molecular flexibility index (Phi) is 8.55. The SMILES string of the molecule is CCOc1ccc(C2(CNC(=O)C(Cc3ccccc3)NC(=O)c3cccs3)CCOCC2)cc1. The van der Waals surface area contributed by atoms with Crippen molar-refractivity contribution in [3.05, 3.63) is 88.1 Å². The predicted octanol–water partition coefficient (Wildman–Crippen LogP) is 4.35. The first-order valence-corrected chi connectivity index (χ1v) is 12.9. The molecule has 1 aliphatic rings. The number of hydrogen-bond acceptors (Lipinski definition) is 5. The first-order valence-electron chi connectivity index (χ1n) is 12.1. The molecule has 0 bridgehead atoms. The van der Waals surface area contributed by atoms with Crippen molar-refractivity contribution in [1.29, 1.82) is 0 Å². The van der Waals surface area contributed by atoms with Crippen molar-refractivity contribution < 1.29 is 19.1 Å². The highest BCUT2D eigenvalue weighted by Gasteiger charge is 2.36. The third-order valence-corrected chi connectivity index (χ3v) is 7.35. The maximum Gasteiger partial charge on any atom is 0.262 e. The fraction of sp³-hybridized carbons (Fsp3) is 0.357. The largest absolute Gasteiger partial charge is 0.494 e. The van der Waals surface area contributed by atoms with E-state index in [0.29, 0.717) is 37.7 Å². The minimum absolute atomic E-state index is 0.185. The van der Waals surface area contributed by atoms with Crippen LogP contribution in [-0.4, -0.2) is 44.2 Å². The molecule has 1 aliphatic heterocycles. The molecule has 6 nitrogen and oxygen atoms in total. The fourth-order valence-corrected chi connectivity index (χ4v) is 5.10. The van der Waals surface area contributed by atoms with Gasteiger partial charge >= 0.3 is 0 Å². The van der Waals surface area contributed by atoms with E-state index in [-0.39, 0.29) is 17.2 Å². The lowest BCUT2D eigenvalue weighted by molar-refractivity contribution is -0.123. The van der Waals surface area contributed by atoms with Crippen LogP contribution in [-0.2, 0) is 21.4 Å². The fourth-order valence-electron chi connectivity index (χ4n) is 4.48. The standard InChI is InChI=1S/C28H32N2O4S/c1-2-34-23-12-10-22(11-13-23)28(14-16-33-17-15-28)20-29-26(31)24(19-21-7-4-3-5-8-21)30-27(32)25-9-6-18-35-25/h3-13,18,24H,2,14-17,19-20H2,1H3,(H,29,31)(H,30,32). The summed E-state index contributed by atoms with van der Waals surface area (Å²) in [6, 6.07) is 20.8. The maximum atomic E-state index is 13.4. The number of hydrogen-bond donors (Lipinski definition) is 2. The van der Waals surface area contributed by atoms with Crippen LogP contribution in [0.2, 0.25) is 0 Å². The Morgan fingerprint density at radius 2 is 1.77 bits per heavy atom.